The molecule has 0 radical (unpaired) electrons. The average molecular weight is 244 g/mol. The third-order valence-electron chi connectivity index (χ3n) is 2.59. The molecule has 0 saturated carbocycles. The molecule has 1 heterocycles. The molecule has 0 spiro atoms. The number of benzene rings is 1. The lowest BCUT2D eigenvalue weighted by molar-refractivity contribution is 0.103. The molecule has 4 heteroatoms. The molecule has 1 aromatic carbocycles. The highest BCUT2D eigenvalue weighted by molar-refractivity contribution is 6.16. The summed E-state index contributed by atoms with van der Waals surface area (Å²) in [6.45, 7) is 5.21. The zero-order valence-corrected chi connectivity index (χ0v) is 10.1. The molecule has 2 aromatic rings. The Morgan fingerprint density at radius 3 is 2.56 bits per heavy atom. The molecule has 0 saturated heterocycles. The van der Waals surface area contributed by atoms with Gasteiger partial charge in [-0.1, -0.05) is 6.58 Å². The molecular weight excluding hydrogens is 232 g/mol. The third kappa shape index (κ3) is 1.93. The van der Waals surface area contributed by atoms with Gasteiger partial charge in [0.2, 0.25) is 0 Å². The van der Waals surface area contributed by atoms with Gasteiger partial charge in [-0.2, -0.15) is 0 Å². The topological polar surface area (TPSA) is 56.5 Å². The van der Waals surface area contributed by atoms with Crippen LogP contribution in [-0.2, 0) is 0 Å². The van der Waals surface area contributed by atoms with Crippen molar-refractivity contribution in [3.05, 3.63) is 52.4 Å². The minimum Gasteiger partial charge on any atom is -0.496 e. The van der Waals surface area contributed by atoms with E-state index in [1.54, 1.807) is 25.1 Å². The van der Waals surface area contributed by atoms with Crippen molar-refractivity contribution < 1.29 is 13.9 Å². The highest BCUT2D eigenvalue weighted by Gasteiger charge is 2.19. The number of ketones is 1. The summed E-state index contributed by atoms with van der Waals surface area (Å²) in [5, 5.41) is 0.667. The van der Waals surface area contributed by atoms with Crippen molar-refractivity contribution in [1.29, 1.82) is 0 Å². The number of carbonyl (C=O) groups excluding carboxylic acids is 1. The molecular formula is C14H12O4. The van der Waals surface area contributed by atoms with E-state index in [9.17, 15) is 9.59 Å². The predicted molar refractivity (Wildman–Crippen MR) is 68.2 cm³/mol. The highest BCUT2D eigenvalue weighted by Crippen LogP contribution is 2.28. The van der Waals surface area contributed by atoms with Crippen LogP contribution < -0.4 is 10.4 Å². The number of fused-ring (bicyclic) bond motifs is 1. The van der Waals surface area contributed by atoms with Crippen LogP contribution in [0.5, 0.6) is 5.75 Å². The van der Waals surface area contributed by atoms with E-state index in [1.165, 1.54) is 13.2 Å². The Balaban J connectivity index is 2.88. The number of Topliss-reactive ketones (excluding diaryl/α,β-unsaturated/α-hetero) is 1. The molecule has 0 fully saturated rings. The Morgan fingerprint density at radius 2 is 1.94 bits per heavy atom. The maximum Gasteiger partial charge on any atom is 0.336 e. The molecule has 0 N–H and O–H groups in total. The molecule has 0 amide bonds. The number of methoxy groups -OCH3 is 1. The van der Waals surface area contributed by atoms with Crippen LogP contribution in [0.2, 0.25) is 0 Å². The molecule has 0 atom stereocenters. The third-order valence-corrected chi connectivity index (χ3v) is 2.59. The van der Waals surface area contributed by atoms with E-state index in [0.29, 0.717) is 16.7 Å². The first-order valence-corrected chi connectivity index (χ1v) is 5.35. The normalized spacial score (nSPS) is 10.3. The van der Waals surface area contributed by atoms with Crippen molar-refractivity contribution in [1.82, 2.24) is 0 Å². The first-order chi connectivity index (χ1) is 8.54. The minimum absolute atomic E-state index is 0.231. The van der Waals surface area contributed by atoms with Crippen LogP contribution in [0, 0.1) is 0 Å². The minimum atomic E-state index is -0.508. The van der Waals surface area contributed by atoms with Gasteiger partial charge in [0, 0.05) is 11.5 Å². The van der Waals surface area contributed by atoms with Crippen molar-refractivity contribution in [3.63, 3.8) is 0 Å². The van der Waals surface area contributed by atoms with E-state index in [4.69, 9.17) is 9.15 Å². The number of hydrogen-bond acceptors (Lipinski definition) is 4. The van der Waals surface area contributed by atoms with Crippen LogP contribution in [-0.4, -0.2) is 12.9 Å². The van der Waals surface area contributed by atoms with Crippen LogP contribution in [0.4, 0.5) is 0 Å². The first kappa shape index (κ1) is 12.1. The lowest BCUT2D eigenvalue weighted by Gasteiger charge is -2.09. The Kier molecular flexibility index (Phi) is 3.02. The number of hydrogen-bond donors (Lipinski definition) is 0. The number of ether oxygens (including phenoxy) is 1. The van der Waals surface area contributed by atoms with Gasteiger partial charge in [0.05, 0.1) is 7.11 Å². The van der Waals surface area contributed by atoms with Gasteiger partial charge in [0.25, 0.3) is 0 Å². The first-order valence-electron chi connectivity index (χ1n) is 5.35. The molecule has 0 unspecified atom stereocenters. The van der Waals surface area contributed by atoms with Crippen molar-refractivity contribution in [3.8, 4) is 5.75 Å². The van der Waals surface area contributed by atoms with Crippen LogP contribution in [0.1, 0.15) is 17.3 Å². The Morgan fingerprint density at radius 1 is 1.28 bits per heavy atom. The second-order valence-electron chi connectivity index (χ2n) is 3.93. The van der Waals surface area contributed by atoms with Gasteiger partial charge in [0.1, 0.15) is 11.3 Å². The number of allylic oxidation sites excluding steroid dienone is 1. The second-order valence-corrected chi connectivity index (χ2v) is 3.93. The molecule has 18 heavy (non-hydrogen) atoms. The molecule has 0 bridgehead atoms. The molecule has 0 aliphatic heterocycles. The fourth-order valence-corrected chi connectivity index (χ4v) is 1.71. The summed E-state index contributed by atoms with van der Waals surface area (Å²) in [5.41, 5.74) is 0.314. The van der Waals surface area contributed by atoms with Crippen molar-refractivity contribution >= 4 is 16.8 Å². The highest BCUT2D eigenvalue weighted by atomic mass is 16.5. The fraction of sp³-hybridized carbons (Fsp3) is 0.143. The lowest BCUT2D eigenvalue weighted by Crippen LogP contribution is -2.06. The summed E-state index contributed by atoms with van der Waals surface area (Å²) >= 11 is 0. The van der Waals surface area contributed by atoms with Gasteiger partial charge >= 0.3 is 5.63 Å². The SMILES string of the molecule is C=C(C)C(=O)c1c(OC)ccc2ccc(=O)oc12. The summed E-state index contributed by atoms with van der Waals surface area (Å²) < 4.78 is 10.2. The summed E-state index contributed by atoms with van der Waals surface area (Å²) in [5.74, 6) is 0.0663. The van der Waals surface area contributed by atoms with Crippen molar-refractivity contribution in [2.24, 2.45) is 0 Å². The second kappa shape index (κ2) is 4.49. The van der Waals surface area contributed by atoms with Gasteiger partial charge in [0.15, 0.2) is 11.4 Å². The van der Waals surface area contributed by atoms with E-state index in [2.05, 4.69) is 6.58 Å². The van der Waals surface area contributed by atoms with E-state index in [0.717, 1.165) is 0 Å². The van der Waals surface area contributed by atoms with Crippen molar-refractivity contribution in [2.75, 3.05) is 7.11 Å². The van der Waals surface area contributed by atoms with E-state index < -0.39 is 5.63 Å². The largest absolute Gasteiger partial charge is 0.496 e. The van der Waals surface area contributed by atoms with Gasteiger partial charge in [-0.3, -0.25) is 4.79 Å². The lowest BCUT2D eigenvalue weighted by atomic mass is 10.0. The Hall–Kier alpha value is -2.36. The van der Waals surface area contributed by atoms with Gasteiger partial charge in [-0.05, 0) is 30.7 Å². The van der Waals surface area contributed by atoms with Gasteiger partial charge in [-0.15, -0.1) is 0 Å². The van der Waals surface area contributed by atoms with Gasteiger partial charge < -0.3 is 9.15 Å². The van der Waals surface area contributed by atoms with Crippen LogP contribution in [0.3, 0.4) is 0 Å². The Bertz CT molecular complexity index is 694. The van der Waals surface area contributed by atoms with Crippen LogP contribution >= 0.6 is 0 Å². The fourth-order valence-electron chi connectivity index (χ4n) is 1.71. The zero-order valence-electron chi connectivity index (χ0n) is 10.1. The van der Waals surface area contributed by atoms with E-state index in [-0.39, 0.29) is 16.9 Å². The maximum atomic E-state index is 12.1. The standard InChI is InChI=1S/C14H12O4/c1-8(2)13(16)12-10(17-3)6-4-9-5-7-11(15)18-14(9)12/h4-7H,1H2,2-3H3. The summed E-state index contributed by atoms with van der Waals surface area (Å²) in [7, 11) is 1.46. The molecule has 2 rings (SSSR count). The maximum absolute atomic E-state index is 12.1. The van der Waals surface area contributed by atoms with Crippen LogP contribution in [0.15, 0.2) is 45.6 Å². The quantitative estimate of drug-likeness (QED) is 0.473. The molecule has 0 aliphatic carbocycles. The summed E-state index contributed by atoms with van der Waals surface area (Å²) in [6.07, 6.45) is 0. The molecule has 92 valence electrons. The summed E-state index contributed by atoms with van der Waals surface area (Å²) in [6, 6.07) is 6.31. The number of rotatable bonds is 3. The van der Waals surface area contributed by atoms with E-state index >= 15 is 0 Å². The summed E-state index contributed by atoms with van der Waals surface area (Å²) in [4.78, 5) is 23.4. The smallest absolute Gasteiger partial charge is 0.336 e. The monoisotopic (exact) mass is 244 g/mol. The molecule has 1 aromatic heterocycles. The van der Waals surface area contributed by atoms with Gasteiger partial charge in [-0.25, -0.2) is 4.79 Å². The predicted octanol–water partition coefficient (Wildman–Crippen LogP) is 2.56. The van der Waals surface area contributed by atoms with E-state index in [1.807, 2.05) is 0 Å². The molecule has 4 nitrogen and oxygen atoms in total. The van der Waals surface area contributed by atoms with Crippen molar-refractivity contribution in [2.45, 2.75) is 6.92 Å². The zero-order chi connectivity index (χ0) is 13.3. The Labute approximate surface area is 103 Å². The molecule has 0 aliphatic rings. The average Bonchev–Trinajstić information content (AvgIpc) is 2.36. The van der Waals surface area contributed by atoms with Crippen LogP contribution in [0.25, 0.3) is 11.0 Å². The number of carbonyl (C=O) groups is 1.